The van der Waals surface area contributed by atoms with Crippen LogP contribution in [0.2, 0.25) is 5.02 Å². The van der Waals surface area contributed by atoms with E-state index in [1.807, 2.05) is 19.1 Å². The van der Waals surface area contributed by atoms with E-state index in [-0.39, 0.29) is 6.04 Å². The Morgan fingerprint density at radius 1 is 1.37 bits per heavy atom. The number of nitrogens with two attached hydrogens (primary N) is 1. The van der Waals surface area contributed by atoms with Crippen molar-refractivity contribution in [3.8, 4) is 0 Å². The number of ether oxygens (including phenoxy) is 1. The second kappa shape index (κ2) is 5.31. The maximum absolute atomic E-state index is 6.44. The van der Waals surface area contributed by atoms with Crippen LogP contribution in [0.5, 0.6) is 0 Å². The van der Waals surface area contributed by atoms with Crippen LogP contribution in [0.4, 0.5) is 5.69 Å². The third kappa shape index (κ3) is 2.73. The van der Waals surface area contributed by atoms with Crippen LogP contribution in [0.15, 0.2) is 18.2 Å². The molecule has 1 aromatic carbocycles. The summed E-state index contributed by atoms with van der Waals surface area (Å²) >= 11 is 6.44. The second-order valence-electron chi connectivity index (χ2n) is 5.79. The highest BCUT2D eigenvalue weighted by atomic mass is 35.5. The zero-order chi connectivity index (χ0) is 13.4. The topological polar surface area (TPSA) is 38.5 Å². The number of hydrogen-bond donors (Lipinski definition) is 1. The van der Waals surface area contributed by atoms with Gasteiger partial charge in [-0.3, -0.25) is 0 Å². The van der Waals surface area contributed by atoms with E-state index in [0.717, 1.165) is 24.5 Å². The molecule has 0 amide bonds. The van der Waals surface area contributed by atoms with Crippen LogP contribution in [0.1, 0.15) is 25.3 Å². The van der Waals surface area contributed by atoms with Crippen molar-refractivity contribution >= 4 is 17.3 Å². The molecule has 1 aromatic rings. The first-order valence-corrected chi connectivity index (χ1v) is 7.44. The molecule has 2 aliphatic heterocycles. The van der Waals surface area contributed by atoms with E-state index in [2.05, 4.69) is 11.0 Å². The molecule has 2 aliphatic rings. The Bertz CT molecular complexity index is 451. The highest BCUT2D eigenvalue weighted by molar-refractivity contribution is 6.33. The molecule has 2 saturated heterocycles. The lowest BCUT2D eigenvalue weighted by Gasteiger charge is -2.35. The summed E-state index contributed by atoms with van der Waals surface area (Å²) in [5, 5.41) is 0.833. The van der Waals surface area contributed by atoms with Crippen molar-refractivity contribution in [3.05, 3.63) is 28.8 Å². The molecule has 0 aliphatic carbocycles. The van der Waals surface area contributed by atoms with Crippen LogP contribution < -0.4 is 10.6 Å². The molecule has 3 rings (SSSR count). The number of morpholine rings is 1. The van der Waals surface area contributed by atoms with Crippen molar-refractivity contribution in [3.63, 3.8) is 0 Å². The van der Waals surface area contributed by atoms with Gasteiger partial charge in [0.15, 0.2) is 0 Å². The molecular formula is C15H21ClN2O. The number of fused-ring (bicyclic) bond motifs is 2. The Hall–Kier alpha value is -0.770. The fourth-order valence-electron chi connectivity index (χ4n) is 3.22. The fraction of sp³-hybridized carbons (Fsp3) is 0.600. The molecule has 0 radical (unpaired) electrons. The van der Waals surface area contributed by atoms with Crippen molar-refractivity contribution < 1.29 is 4.74 Å². The predicted octanol–water partition coefficient (Wildman–Crippen LogP) is 2.60. The monoisotopic (exact) mass is 280 g/mol. The maximum Gasteiger partial charge on any atom is 0.0755 e. The summed E-state index contributed by atoms with van der Waals surface area (Å²) in [6.45, 7) is 3.94. The van der Waals surface area contributed by atoms with E-state index in [1.165, 1.54) is 24.1 Å². The molecule has 19 heavy (non-hydrogen) atoms. The number of benzene rings is 1. The number of hydrogen-bond acceptors (Lipinski definition) is 3. The standard InChI is InChI=1S/C15H21ClN2O/c1-10(17)7-11-3-2-4-14(16)15(11)18-8-12-5-6-13(9-18)19-12/h2-4,10,12-13H,5-9,17H2,1H3. The van der Waals surface area contributed by atoms with E-state index in [9.17, 15) is 0 Å². The summed E-state index contributed by atoms with van der Waals surface area (Å²) in [4.78, 5) is 2.39. The zero-order valence-electron chi connectivity index (χ0n) is 11.3. The quantitative estimate of drug-likeness (QED) is 0.925. The van der Waals surface area contributed by atoms with Crippen LogP contribution in [0, 0.1) is 0 Å². The maximum atomic E-state index is 6.44. The molecule has 3 nitrogen and oxygen atoms in total. The molecule has 3 unspecified atom stereocenters. The van der Waals surface area contributed by atoms with E-state index in [4.69, 9.17) is 22.1 Å². The molecule has 4 heteroatoms. The lowest BCUT2D eigenvalue weighted by atomic mass is 10.0. The van der Waals surface area contributed by atoms with Gasteiger partial charge in [-0.15, -0.1) is 0 Å². The number of halogens is 1. The number of para-hydroxylation sites is 1. The van der Waals surface area contributed by atoms with E-state index in [0.29, 0.717) is 12.2 Å². The minimum absolute atomic E-state index is 0.148. The average molecular weight is 281 g/mol. The number of rotatable bonds is 3. The molecule has 0 saturated carbocycles. The third-order valence-electron chi connectivity index (χ3n) is 3.97. The van der Waals surface area contributed by atoms with Gasteiger partial charge in [-0.25, -0.2) is 0 Å². The Labute approximate surface area is 119 Å². The molecule has 2 fully saturated rings. The normalized spacial score (nSPS) is 27.6. The van der Waals surface area contributed by atoms with Crippen LogP contribution in [0.25, 0.3) is 0 Å². The Kier molecular flexibility index (Phi) is 3.70. The summed E-state index contributed by atoms with van der Waals surface area (Å²) in [5.74, 6) is 0. The highest BCUT2D eigenvalue weighted by Gasteiger charge is 2.35. The van der Waals surface area contributed by atoms with Gasteiger partial charge in [-0.2, -0.15) is 0 Å². The highest BCUT2D eigenvalue weighted by Crippen LogP contribution is 2.36. The third-order valence-corrected chi connectivity index (χ3v) is 4.28. The molecule has 3 atom stereocenters. The summed E-state index contributed by atoms with van der Waals surface area (Å²) < 4.78 is 5.90. The summed E-state index contributed by atoms with van der Waals surface area (Å²) in [5.41, 5.74) is 8.38. The van der Waals surface area contributed by atoms with Crippen molar-refractivity contribution in [2.24, 2.45) is 5.73 Å². The lowest BCUT2D eigenvalue weighted by Crippen LogP contribution is -2.43. The van der Waals surface area contributed by atoms with E-state index in [1.54, 1.807) is 0 Å². The van der Waals surface area contributed by atoms with Gasteiger partial charge in [0.1, 0.15) is 0 Å². The van der Waals surface area contributed by atoms with E-state index >= 15 is 0 Å². The minimum atomic E-state index is 0.148. The largest absolute Gasteiger partial charge is 0.371 e. The van der Waals surface area contributed by atoms with Gasteiger partial charge >= 0.3 is 0 Å². The van der Waals surface area contributed by atoms with Crippen molar-refractivity contribution in [1.82, 2.24) is 0 Å². The lowest BCUT2D eigenvalue weighted by molar-refractivity contribution is 0.0304. The van der Waals surface area contributed by atoms with Gasteiger partial charge in [-0.05, 0) is 37.8 Å². The second-order valence-corrected chi connectivity index (χ2v) is 6.20. The first-order valence-electron chi connectivity index (χ1n) is 7.07. The molecule has 0 spiro atoms. The Morgan fingerprint density at radius 2 is 2.05 bits per heavy atom. The van der Waals surface area contributed by atoms with E-state index < -0.39 is 0 Å². The van der Waals surface area contributed by atoms with Gasteiger partial charge in [0, 0.05) is 19.1 Å². The molecule has 2 heterocycles. The smallest absolute Gasteiger partial charge is 0.0755 e. The van der Waals surface area contributed by atoms with Crippen molar-refractivity contribution in [2.45, 2.75) is 44.4 Å². The Morgan fingerprint density at radius 3 is 2.68 bits per heavy atom. The van der Waals surface area contributed by atoms with Gasteiger partial charge in [-0.1, -0.05) is 23.7 Å². The van der Waals surface area contributed by atoms with Gasteiger partial charge in [0.05, 0.1) is 22.9 Å². The first-order chi connectivity index (χ1) is 9.13. The van der Waals surface area contributed by atoms with Crippen molar-refractivity contribution in [2.75, 3.05) is 18.0 Å². The van der Waals surface area contributed by atoms with Crippen molar-refractivity contribution in [1.29, 1.82) is 0 Å². The fourth-order valence-corrected chi connectivity index (χ4v) is 3.54. The van der Waals surface area contributed by atoms with Crippen LogP contribution >= 0.6 is 11.6 Å². The molecule has 104 valence electrons. The molecular weight excluding hydrogens is 260 g/mol. The zero-order valence-corrected chi connectivity index (χ0v) is 12.1. The Balaban J connectivity index is 1.90. The molecule has 0 aromatic heterocycles. The van der Waals surface area contributed by atoms with Gasteiger partial charge in [0.25, 0.3) is 0 Å². The summed E-state index contributed by atoms with van der Waals surface area (Å²) in [6, 6.07) is 6.27. The molecule has 2 N–H and O–H groups in total. The number of anilines is 1. The minimum Gasteiger partial charge on any atom is -0.371 e. The van der Waals surface area contributed by atoms with Crippen LogP contribution in [0.3, 0.4) is 0 Å². The molecule has 2 bridgehead atoms. The first kappa shape index (κ1) is 13.2. The average Bonchev–Trinajstić information content (AvgIpc) is 2.68. The van der Waals surface area contributed by atoms with Crippen LogP contribution in [-0.2, 0) is 11.2 Å². The van der Waals surface area contributed by atoms with Crippen LogP contribution in [-0.4, -0.2) is 31.3 Å². The SMILES string of the molecule is CC(N)Cc1cccc(Cl)c1N1CC2CCC(C1)O2. The predicted molar refractivity (Wildman–Crippen MR) is 78.9 cm³/mol. The summed E-state index contributed by atoms with van der Waals surface area (Å²) in [7, 11) is 0. The number of nitrogens with zero attached hydrogens (tertiary/aromatic N) is 1. The van der Waals surface area contributed by atoms with Gasteiger partial charge in [0.2, 0.25) is 0 Å². The van der Waals surface area contributed by atoms with Gasteiger partial charge < -0.3 is 15.4 Å². The summed E-state index contributed by atoms with van der Waals surface area (Å²) in [6.07, 6.45) is 3.96.